The van der Waals surface area contributed by atoms with Crippen LogP contribution in [0.25, 0.3) is 22.0 Å². The second kappa shape index (κ2) is 9.48. The number of carboxylic acids is 1. The Morgan fingerprint density at radius 1 is 1.03 bits per heavy atom. The molecule has 0 bridgehead atoms. The summed E-state index contributed by atoms with van der Waals surface area (Å²) in [6.45, 7) is 0.196. The predicted molar refractivity (Wildman–Crippen MR) is 118 cm³/mol. The van der Waals surface area contributed by atoms with Gasteiger partial charge in [0, 0.05) is 35.2 Å². The van der Waals surface area contributed by atoms with E-state index >= 15 is 0 Å². The zero-order valence-corrected chi connectivity index (χ0v) is 17.3. The van der Waals surface area contributed by atoms with Crippen molar-refractivity contribution in [1.82, 2.24) is 25.0 Å². The Hall–Kier alpha value is -3.59. The lowest BCUT2D eigenvalue weighted by Gasteiger charge is -2.13. The minimum atomic E-state index is -0.896. The van der Waals surface area contributed by atoms with Gasteiger partial charge >= 0.3 is 5.97 Å². The molecule has 0 spiro atoms. The molecule has 0 radical (unpaired) electrons. The number of thioether (sulfide) groups is 1. The lowest BCUT2D eigenvalue weighted by atomic mass is 10.1. The number of nitrogens with zero attached hydrogens (tertiary/aromatic N) is 5. The van der Waals surface area contributed by atoms with Gasteiger partial charge in [-0.3, -0.25) is 9.59 Å². The van der Waals surface area contributed by atoms with Gasteiger partial charge in [-0.1, -0.05) is 29.5 Å². The first-order valence-corrected chi connectivity index (χ1v) is 10.6. The Kier molecular flexibility index (Phi) is 6.32. The highest BCUT2D eigenvalue weighted by molar-refractivity contribution is 7.99. The van der Waals surface area contributed by atoms with Crippen LogP contribution in [0.1, 0.15) is 6.42 Å². The first kappa shape index (κ1) is 20.7. The fourth-order valence-corrected chi connectivity index (χ4v) is 4.15. The second-order valence-electron chi connectivity index (χ2n) is 6.92. The van der Waals surface area contributed by atoms with Gasteiger partial charge in [0.2, 0.25) is 0 Å². The SMILES string of the molecule is O=C(O)C(CCn1nnc2ccccc2c1=O)CSc1ccc(-c2cncnc2)cc1. The lowest BCUT2D eigenvalue weighted by molar-refractivity contribution is -0.141. The standard InChI is InChI=1S/C22H19N5O3S/c28-21-19-3-1-2-4-20(19)25-26-27(21)10-9-16(22(29)30)13-31-18-7-5-15(6-8-18)17-11-23-14-24-12-17/h1-8,11-12,14,16H,9-10,13H2,(H,29,30). The van der Waals surface area contributed by atoms with Crippen molar-refractivity contribution in [3.63, 3.8) is 0 Å². The average molecular weight is 433 g/mol. The summed E-state index contributed by atoms with van der Waals surface area (Å²) >= 11 is 1.47. The third kappa shape index (κ3) is 4.95. The summed E-state index contributed by atoms with van der Waals surface area (Å²) in [5.74, 6) is -1.13. The van der Waals surface area contributed by atoms with Crippen LogP contribution in [0.15, 0.2) is 76.9 Å². The summed E-state index contributed by atoms with van der Waals surface area (Å²) in [4.78, 5) is 33.3. The highest BCUT2D eigenvalue weighted by Crippen LogP contribution is 2.26. The van der Waals surface area contributed by atoms with Crippen LogP contribution in [0.2, 0.25) is 0 Å². The lowest BCUT2D eigenvalue weighted by Crippen LogP contribution is -2.27. The summed E-state index contributed by atoms with van der Waals surface area (Å²) in [6, 6.07) is 14.8. The molecule has 1 atom stereocenters. The van der Waals surface area contributed by atoms with Crippen LogP contribution >= 0.6 is 11.8 Å². The second-order valence-corrected chi connectivity index (χ2v) is 8.01. The number of fused-ring (bicyclic) bond motifs is 1. The van der Waals surface area contributed by atoms with Gasteiger partial charge in [0.05, 0.1) is 11.3 Å². The van der Waals surface area contributed by atoms with Gasteiger partial charge in [-0.25, -0.2) is 14.6 Å². The molecular weight excluding hydrogens is 414 g/mol. The average Bonchev–Trinajstić information content (AvgIpc) is 2.81. The molecule has 0 amide bonds. The summed E-state index contributed by atoms with van der Waals surface area (Å²) in [5, 5.41) is 18.1. The number of benzene rings is 2. The van der Waals surface area contributed by atoms with Crippen molar-refractivity contribution in [2.24, 2.45) is 5.92 Å². The van der Waals surface area contributed by atoms with Gasteiger partial charge in [0.15, 0.2) is 0 Å². The van der Waals surface area contributed by atoms with Crippen molar-refractivity contribution >= 4 is 28.6 Å². The molecule has 0 fully saturated rings. The van der Waals surface area contributed by atoms with E-state index in [0.29, 0.717) is 16.7 Å². The van der Waals surface area contributed by atoms with E-state index in [1.54, 1.807) is 36.7 Å². The molecule has 8 nitrogen and oxygen atoms in total. The Bertz CT molecular complexity index is 1250. The van der Waals surface area contributed by atoms with Crippen LogP contribution in [-0.2, 0) is 11.3 Å². The number of aryl methyl sites for hydroxylation is 1. The maximum Gasteiger partial charge on any atom is 0.307 e. The van der Waals surface area contributed by atoms with Crippen molar-refractivity contribution < 1.29 is 9.90 Å². The molecular formula is C22H19N5O3S. The molecule has 9 heteroatoms. The van der Waals surface area contributed by atoms with Crippen LogP contribution in [0.4, 0.5) is 0 Å². The summed E-state index contributed by atoms with van der Waals surface area (Å²) < 4.78 is 1.24. The predicted octanol–water partition coefficient (Wildman–Crippen LogP) is 3.13. The number of carbonyl (C=O) groups is 1. The normalized spacial score (nSPS) is 12.0. The van der Waals surface area contributed by atoms with Gasteiger partial charge in [-0.05, 0) is 36.2 Å². The third-order valence-electron chi connectivity index (χ3n) is 4.87. The number of aromatic nitrogens is 5. The van der Waals surface area contributed by atoms with Gasteiger partial charge < -0.3 is 5.11 Å². The third-order valence-corrected chi connectivity index (χ3v) is 6.04. The molecule has 1 unspecified atom stereocenters. The molecule has 4 aromatic rings. The number of rotatable bonds is 8. The van der Waals surface area contributed by atoms with Crippen molar-refractivity contribution in [2.75, 3.05) is 5.75 Å². The number of hydrogen-bond acceptors (Lipinski definition) is 7. The van der Waals surface area contributed by atoms with E-state index in [4.69, 9.17) is 0 Å². The van der Waals surface area contributed by atoms with E-state index in [2.05, 4.69) is 20.3 Å². The molecule has 0 aliphatic heterocycles. The minimum Gasteiger partial charge on any atom is -0.481 e. The largest absolute Gasteiger partial charge is 0.481 e. The smallest absolute Gasteiger partial charge is 0.307 e. The molecule has 0 saturated carbocycles. The Morgan fingerprint density at radius 3 is 2.52 bits per heavy atom. The number of carboxylic acid groups (broad SMARTS) is 1. The maximum atomic E-state index is 12.5. The van der Waals surface area contributed by atoms with Crippen molar-refractivity contribution in [1.29, 1.82) is 0 Å². The minimum absolute atomic E-state index is 0.196. The van der Waals surface area contributed by atoms with E-state index in [-0.39, 0.29) is 18.5 Å². The number of hydrogen-bond donors (Lipinski definition) is 1. The van der Waals surface area contributed by atoms with E-state index in [1.165, 1.54) is 22.8 Å². The molecule has 2 aromatic heterocycles. The van der Waals surface area contributed by atoms with Gasteiger partial charge in [-0.15, -0.1) is 16.9 Å². The maximum absolute atomic E-state index is 12.5. The van der Waals surface area contributed by atoms with Crippen LogP contribution in [0.3, 0.4) is 0 Å². The van der Waals surface area contributed by atoms with Crippen LogP contribution in [0.5, 0.6) is 0 Å². The zero-order valence-electron chi connectivity index (χ0n) is 16.5. The molecule has 2 heterocycles. The van der Waals surface area contributed by atoms with Crippen LogP contribution < -0.4 is 5.56 Å². The van der Waals surface area contributed by atoms with Crippen LogP contribution in [0, 0.1) is 5.92 Å². The molecule has 1 N–H and O–H groups in total. The first-order chi connectivity index (χ1) is 15.1. The number of aliphatic carboxylic acids is 1. The molecule has 0 aliphatic carbocycles. The molecule has 0 aliphatic rings. The van der Waals surface area contributed by atoms with Gasteiger partial charge in [-0.2, -0.15) is 0 Å². The quantitative estimate of drug-likeness (QED) is 0.422. The van der Waals surface area contributed by atoms with Crippen molar-refractivity contribution in [3.8, 4) is 11.1 Å². The van der Waals surface area contributed by atoms with E-state index in [1.807, 2.05) is 24.3 Å². The fraction of sp³-hybridized carbons (Fsp3) is 0.182. The highest BCUT2D eigenvalue weighted by Gasteiger charge is 2.19. The topological polar surface area (TPSA) is 111 Å². The molecule has 2 aromatic carbocycles. The van der Waals surface area contributed by atoms with Crippen LogP contribution in [-0.4, -0.2) is 41.8 Å². The highest BCUT2D eigenvalue weighted by atomic mass is 32.2. The molecule has 156 valence electrons. The summed E-state index contributed by atoms with van der Waals surface area (Å²) in [6.07, 6.45) is 5.26. The van der Waals surface area contributed by atoms with Gasteiger partial charge in [0.25, 0.3) is 5.56 Å². The van der Waals surface area contributed by atoms with Crippen molar-refractivity contribution in [3.05, 3.63) is 77.6 Å². The Labute approximate surface area is 182 Å². The fourth-order valence-electron chi connectivity index (χ4n) is 3.11. The van der Waals surface area contributed by atoms with Gasteiger partial charge in [0.1, 0.15) is 11.8 Å². The molecule has 0 saturated heterocycles. The summed E-state index contributed by atoms with van der Waals surface area (Å²) in [7, 11) is 0. The Morgan fingerprint density at radius 2 is 1.77 bits per heavy atom. The van der Waals surface area contributed by atoms with E-state index in [9.17, 15) is 14.7 Å². The van der Waals surface area contributed by atoms with E-state index < -0.39 is 11.9 Å². The molecule has 4 rings (SSSR count). The Balaban J connectivity index is 1.39. The monoisotopic (exact) mass is 433 g/mol. The zero-order chi connectivity index (χ0) is 21.6. The summed E-state index contributed by atoms with van der Waals surface area (Å²) in [5.41, 5.74) is 2.18. The van der Waals surface area contributed by atoms with Crippen molar-refractivity contribution in [2.45, 2.75) is 17.9 Å². The molecule has 31 heavy (non-hydrogen) atoms. The van der Waals surface area contributed by atoms with E-state index in [0.717, 1.165) is 16.0 Å². The first-order valence-electron chi connectivity index (χ1n) is 9.65.